The minimum absolute atomic E-state index is 1.14. The van der Waals surface area contributed by atoms with Crippen LogP contribution in [0.3, 0.4) is 0 Å². The predicted octanol–water partition coefficient (Wildman–Crippen LogP) is 2.16. The van der Waals surface area contributed by atoms with Gasteiger partial charge in [0, 0.05) is 10.2 Å². The summed E-state index contributed by atoms with van der Waals surface area (Å²) >= 11 is 0. The lowest BCUT2D eigenvalue weighted by molar-refractivity contribution is 0.432. The van der Waals surface area contributed by atoms with Crippen LogP contribution in [-0.2, 0) is 4.43 Å². The van der Waals surface area contributed by atoms with Gasteiger partial charge in [0.25, 0.3) is 0 Å². The molecule has 1 aliphatic carbocycles. The Bertz CT molecular complexity index is 282. The van der Waals surface area contributed by atoms with Gasteiger partial charge in [0.2, 0.25) is 8.32 Å². The molecule has 0 bridgehead atoms. The summed E-state index contributed by atoms with van der Waals surface area (Å²) < 4.78 is 6.09. The second kappa shape index (κ2) is 3.46. The van der Waals surface area contributed by atoms with Crippen molar-refractivity contribution in [3.05, 3.63) is 22.1 Å². The maximum Gasteiger partial charge on any atom is 0.242 e. The minimum Gasteiger partial charge on any atom is -0.544 e. The molecule has 1 aliphatic rings. The number of rotatable bonds is 2. The van der Waals surface area contributed by atoms with E-state index in [1.165, 1.54) is 22.1 Å². The van der Waals surface area contributed by atoms with Crippen LogP contribution in [0.25, 0.3) is 0 Å². The van der Waals surface area contributed by atoms with E-state index in [1.54, 1.807) is 0 Å². The zero-order valence-electron chi connectivity index (χ0n) is 9.62. The average molecular weight is 212 g/mol. The zero-order valence-corrected chi connectivity index (χ0v) is 12.6. The van der Waals surface area contributed by atoms with E-state index in [-0.39, 0.29) is 0 Å². The van der Waals surface area contributed by atoms with Crippen molar-refractivity contribution in [2.45, 2.75) is 39.9 Å². The third kappa shape index (κ3) is 2.58. The highest BCUT2D eigenvalue weighted by atomic mass is 28.4. The number of allylic oxidation sites excluding steroid dienone is 3. The third-order valence-corrected chi connectivity index (χ3v) is 3.93. The van der Waals surface area contributed by atoms with Crippen LogP contribution in [0.1, 0.15) is 20.3 Å². The molecule has 0 saturated carbocycles. The van der Waals surface area contributed by atoms with Crippen LogP contribution in [0, 0.1) is 0 Å². The van der Waals surface area contributed by atoms with E-state index in [4.69, 9.17) is 4.43 Å². The molecule has 0 aromatic heterocycles. The summed E-state index contributed by atoms with van der Waals surface area (Å²) in [4.78, 5) is 0. The molecule has 0 atom stereocenters. The summed E-state index contributed by atoms with van der Waals surface area (Å²) in [6.45, 7) is 11.1. The fraction of sp³-hybridized carbons (Fsp3) is 0.600. The van der Waals surface area contributed by atoms with Gasteiger partial charge < -0.3 is 4.43 Å². The van der Waals surface area contributed by atoms with Gasteiger partial charge in [-0.3, -0.25) is 0 Å². The van der Waals surface area contributed by atoms with Gasteiger partial charge in [0.15, 0.2) is 0 Å². The summed E-state index contributed by atoms with van der Waals surface area (Å²) in [5.41, 5.74) is 2.89. The van der Waals surface area contributed by atoms with Gasteiger partial charge in [-0.15, -0.1) is 0 Å². The van der Waals surface area contributed by atoms with Crippen LogP contribution in [0.2, 0.25) is 19.6 Å². The second-order valence-corrected chi connectivity index (χ2v) is 10.5. The van der Waals surface area contributed by atoms with Crippen LogP contribution in [0.15, 0.2) is 22.1 Å². The summed E-state index contributed by atoms with van der Waals surface area (Å²) in [6, 6.07) is 0. The SMILES string of the molecule is CC1=C(C)C(O[Si](C)(C)C)=C([SiH3])C1. The molecule has 0 spiro atoms. The van der Waals surface area contributed by atoms with Crippen molar-refractivity contribution in [2.75, 3.05) is 0 Å². The molecule has 0 saturated heterocycles. The minimum atomic E-state index is -1.41. The van der Waals surface area contributed by atoms with E-state index in [0.29, 0.717) is 0 Å². The van der Waals surface area contributed by atoms with Gasteiger partial charge in [-0.1, -0.05) is 5.57 Å². The molecule has 0 aliphatic heterocycles. The molecule has 74 valence electrons. The Morgan fingerprint density at radius 1 is 1.23 bits per heavy atom. The monoisotopic (exact) mass is 212 g/mol. The fourth-order valence-electron chi connectivity index (χ4n) is 1.59. The highest BCUT2D eigenvalue weighted by Crippen LogP contribution is 2.32. The molecule has 3 heteroatoms. The summed E-state index contributed by atoms with van der Waals surface area (Å²) in [6.07, 6.45) is 1.16. The molecule has 1 nitrogen and oxygen atoms in total. The van der Waals surface area contributed by atoms with Gasteiger partial charge in [-0.05, 0) is 50.7 Å². The lowest BCUT2D eigenvalue weighted by Crippen LogP contribution is -2.25. The van der Waals surface area contributed by atoms with E-state index >= 15 is 0 Å². The van der Waals surface area contributed by atoms with Crippen molar-refractivity contribution in [3.8, 4) is 0 Å². The lowest BCUT2D eigenvalue weighted by Gasteiger charge is -2.22. The molecule has 0 amide bonds. The van der Waals surface area contributed by atoms with Gasteiger partial charge in [-0.25, -0.2) is 0 Å². The Labute approximate surface area is 85.4 Å². The fourth-order valence-corrected chi connectivity index (χ4v) is 3.75. The van der Waals surface area contributed by atoms with Crippen molar-refractivity contribution in [3.63, 3.8) is 0 Å². The molecule has 1 rings (SSSR count). The molecule has 0 fully saturated rings. The lowest BCUT2D eigenvalue weighted by atomic mass is 10.2. The van der Waals surface area contributed by atoms with Gasteiger partial charge in [0.1, 0.15) is 5.76 Å². The van der Waals surface area contributed by atoms with Gasteiger partial charge in [0.05, 0.1) is 0 Å². The molecule has 0 radical (unpaired) electrons. The first-order chi connectivity index (χ1) is 5.81. The van der Waals surface area contributed by atoms with E-state index < -0.39 is 8.32 Å². The van der Waals surface area contributed by atoms with Gasteiger partial charge >= 0.3 is 0 Å². The zero-order chi connectivity index (χ0) is 10.2. The molecular weight excluding hydrogens is 192 g/mol. The van der Waals surface area contributed by atoms with E-state index in [1.807, 2.05) is 0 Å². The van der Waals surface area contributed by atoms with Crippen LogP contribution in [-0.4, -0.2) is 18.6 Å². The first kappa shape index (κ1) is 10.8. The number of hydrogen-bond acceptors (Lipinski definition) is 1. The third-order valence-electron chi connectivity index (χ3n) is 2.31. The molecular formula is C10H20OSi2. The van der Waals surface area contributed by atoms with Crippen molar-refractivity contribution in [1.82, 2.24) is 0 Å². The maximum atomic E-state index is 6.09. The maximum absolute atomic E-state index is 6.09. The standard InChI is InChI=1S/C10H20OSi2/c1-7-6-9(12)10(8(7)2)11-13(3,4)5/h6H2,1-5,12H3. The van der Waals surface area contributed by atoms with E-state index in [2.05, 4.69) is 33.5 Å². The quantitative estimate of drug-likeness (QED) is 0.637. The van der Waals surface area contributed by atoms with Crippen molar-refractivity contribution in [1.29, 1.82) is 0 Å². The van der Waals surface area contributed by atoms with E-state index in [9.17, 15) is 0 Å². The van der Waals surface area contributed by atoms with Crippen molar-refractivity contribution < 1.29 is 4.43 Å². The average Bonchev–Trinajstić information content (AvgIpc) is 2.14. The summed E-state index contributed by atoms with van der Waals surface area (Å²) in [7, 11) is -0.264. The summed E-state index contributed by atoms with van der Waals surface area (Å²) in [5, 5.41) is 1.54. The normalized spacial score (nSPS) is 18.8. The highest BCUT2D eigenvalue weighted by molar-refractivity contribution is 6.70. The van der Waals surface area contributed by atoms with Crippen molar-refractivity contribution >= 4 is 18.6 Å². The Morgan fingerprint density at radius 3 is 2.08 bits per heavy atom. The van der Waals surface area contributed by atoms with Crippen LogP contribution in [0.5, 0.6) is 0 Å². The Kier molecular flexibility index (Phi) is 2.87. The second-order valence-electron chi connectivity index (χ2n) is 4.91. The van der Waals surface area contributed by atoms with Crippen molar-refractivity contribution in [2.24, 2.45) is 0 Å². The molecule has 13 heavy (non-hydrogen) atoms. The Morgan fingerprint density at radius 2 is 1.77 bits per heavy atom. The van der Waals surface area contributed by atoms with Gasteiger partial charge in [-0.2, -0.15) is 0 Å². The molecule has 0 unspecified atom stereocenters. The smallest absolute Gasteiger partial charge is 0.242 e. The van der Waals surface area contributed by atoms with Crippen LogP contribution < -0.4 is 0 Å². The molecule has 0 aromatic rings. The first-order valence-electron chi connectivity index (χ1n) is 4.87. The Hall–Kier alpha value is -0.286. The molecule has 0 heterocycles. The first-order valence-corrected chi connectivity index (χ1v) is 9.27. The molecule has 0 aromatic carbocycles. The topological polar surface area (TPSA) is 9.23 Å². The number of hydrogen-bond donors (Lipinski definition) is 0. The Balaban J connectivity index is 2.86. The predicted molar refractivity (Wildman–Crippen MR) is 64.4 cm³/mol. The van der Waals surface area contributed by atoms with Crippen LogP contribution >= 0.6 is 0 Å². The highest BCUT2D eigenvalue weighted by Gasteiger charge is 2.23. The van der Waals surface area contributed by atoms with Crippen LogP contribution in [0.4, 0.5) is 0 Å². The van der Waals surface area contributed by atoms with E-state index in [0.717, 1.165) is 16.7 Å². The molecule has 0 N–H and O–H groups in total. The largest absolute Gasteiger partial charge is 0.544 e. The summed E-state index contributed by atoms with van der Waals surface area (Å²) in [5.74, 6) is 1.24.